The van der Waals surface area contributed by atoms with Crippen LogP contribution in [0.15, 0.2) is 47.1 Å². The van der Waals surface area contributed by atoms with Gasteiger partial charge < -0.3 is 10.2 Å². The van der Waals surface area contributed by atoms with Crippen LogP contribution in [0.25, 0.3) is 0 Å². The standard InChI is InChI=1S/C28H42F2O4S/c1-18(13-15-28(29,30)35(33,34)26(3,4)5)23-11-12-24-20(8-7-14-27(23,24)6)9-10-21-16-22(31)17-25(32)19(21)2/h9-11,18,22,24-25,31-32H,2,7-8,12-17H2,1,3-6H3/t18-,22-,24+,25+,27-/m1/s1. The summed E-state index contributed by atoms with van der Waals surface area (Å²) in [4.78, 5) is 0. The highest BCUT2D eigenvalue weighted by Crippen LogP contribution is 2.57. The van der Waals surface area contributed by atoms with E-state index in [1.807, 2.05) is 13.0 Å². The van der Waals surface area contributed by atoms with Gasteiger partial charge in [0.15, 0.2) is 0 Å². The van der Waals surface area contributed by atoms with Gasteiger partial charge in [0.05, 0.1) is 17.0 Å². The van der Waals surface area contributed by atoms with Gasteiger partial charge in [0.2, 0.25) is 9.84 Å². The number of rotatable bonds is 6. The molecule has 3 aliphatic carbocycles. The highest BCUT2D eigenvalue weighted by Gasteiger charge is 2.52. The summed E-state index contributed by atoms with van der Waals surface area (Å²) in [6, 6.07) is 0. The van der Waals surface area contributed by atoms with Gasteiger partial charge in [0, 0.05) is 12.8 Å². The van der Waals surface area contributed by atoms with Crippen LogP contribution < -0.4 is 0 Å². The van der Waals surface area contributed by atoms with Crippen LogP contribution >= 0.6 is 0 Å². The van der Waals surface area contributed by atoms with E-state index in [0.29, 0.717) is 18.4 Å². The number of aliphatic hydroxyl groups excluding tert-OH is 2. The van der Waals surface area contributed by atoms with E-state index in [4.69, 9.17) is 0 Å². The minimum atomic E-state index is -4.58. The third-order valence-corrected chi connectivity index (χ3v) is 11.1. The number of fused-ring (bicyclic) bond motifs is 1. The van der Waals surface area contributed by atoms with Crippen LogP contribution in [-0.4, -0.2) is 40.8 Å². The Kier molecular flexibility index (Phi) is 7.97. The summed E-state index contributed by atoms with van der Waals surface area (Å²) < 4.78 is 52.7. The topological polar surface area (TPSA) is 74.6 Å². The number of hydrogen-bond acceptors (Lipinski definition) is 4. The minimum Gasteiger partial charge on any atom is -0.393 e. The van der Waals surface area contributed by atoms with Crippen molar-refractivity contribution in [3.63, 3.8) is 0 Å². The Bertz CT molecular complexity index is 1030. The van der Waals surface area contributed by atoms with E-state index in [-0.39, 0.29) is 23.7 Å². The predicted molar refractivity (Wildman–Crippen MR) is 137 cm³/mol. The average molecular weight is 513 g/mol. The molecule has 3 aliphatic rings. The monoisotopic (exact) mass is 512 g/mol. The van der Waals surface area contributed by atoms with Crippen molar-refractivity contribution in [2.75, 3.05) is 0 Å². The first-order valence-electron chi connectivity index (χ1n) is 12.8. The van der Waals surface area contributed by atoms with Crippen LogP contribution in [0, 0.1) is 17.3 Å². The Morgan fingerprint density at radius 1 is 1.26 bits per heavy atom. The molecule has 0 aromatic heterocycles. The van der Waals surface area contributed by atoms with Gasteiger partial charge in [-0.15, -0.1) is 0 Å². The van der Waals surface area contributed by atoms with Gasteiger partial charge in [-0.05, 0) is 87.7 Å². The summed E-state index contributed by atoms with van der Waals surface area (Å²) in [5.41, 5.74) is 3.86. The zero-order valence-corrected chi connectivity index (χ0v) is 22.6. The number of hydrogen-bond donors (Lipinski definition) is 2. The lowest BCUT2D eigenvalue weighted by Crippen LogP contribution is -2.42. The van der Waals surface area contributed by atoms with Crippen molar-refractivity contribution in [1.82, 2.24) is 0 Å². The SMILES string of the molecule is C=C1C(=CC=C2CCC[C@]3(C)C([C@H](C)CCC(F)(F)S(=O)(=O)C(C)(C)C)=CC[C@@H]23)C[C@@H](O)C[C@@H]1O. The van der Waals surface area contributed by atoms with E-state index >= 15 is 0 Å². The molecule has 2 fully saturated rings. The molecule has 5 atom stereocenters. The fourth-order valence-electron chi connectivity index (χ4n) is 6.20. The maximum Gasteiger partial charge on any atom is 0.346 e. The normalized spacial score (nSPS) is 33.7. The van der Waals surface area contributed by atoms with Gasteiger partial charge in [-0.2, -0.15) is 8.78 Å². The Morgan fingerprint density at radius 2 is 1.91 bits per heavy atom. The summed E-state index contributed by atoms with van der Waals surface area (Å²) in [6.07, 6.45) is 8.99. The van der Waals surface area contributed by atoms with Gasteiger partial charge in [-0.3, -0.25) is 0 Å². The number of alkyl halides is 2. The molecular weight excluding hydrogens is 470 g/mol. The van der Waals surface area contributed by atoms with Crippen LogP contribution in [-0.2, 0) is 9.84 Å². The molecule has 0 unspecified atom stereocenters. The summed E-state index contributed by atoms with van der Waals surface area (Å²) in [5, 5.41) is 16.4. The quantitative estimate of drug-likeness (QED) is 0.411. The molecule has 35 heavy (non-hydrogen) atoms. The Labute approximate surface area is 209 Å². The molecule has 0 aromatic carbocycles. The van der Waals surface area contributed by atoms with Gasteiger partial charge in [-0.25, -0.2) is 8.42 Å². The zero-order chi connectivity index (χ0) is 26.4. The smallest absolute Gasteiger partial charge is 0.346 e. The van der Waals surface area contributed by atoms with Crippen molar-refractivity contribution in [2.24, 2.45) is 17.3 Å². The molecule has 2 saturated carbocycles. The summed E-state index contributed by atoms with van der Waals surface area (Å²) in [6.45, 7) is 12.1. The molecule has 0 aromatic rings. The molecule has 0 amide bonds. The largest absolute Gasteiger partial charge is 0.393 e. The molecule has 2 N–H and O–H groups in total. The first kappa shape index (κ1) is 28.3. The molecule has 0 radical (unpaired) electrons. The van der Waals surface area contributed by atoms with Crippen LogP contribution in [0.4, 0.5) is 8.78 Å². The lowest BCUT2D eigenvalue weighted by Gasteiger charge is -2.42. The molecule has 0 spiro atoms. The molecule has 4 nitrogen and oxygen atoms in total. The van der Waals surface area contributed by atoms with Crippen molar-refractivity contribution < 1.29 is 27.4 Å². The van der Waals surface area contributed by atoms with E-state index in [9.17, 15) is 27.4 Å². The average Bonchev–Trinajstić information content (AvgIpc) is 3.10. The Morgan fingerprint density at radius 3 is 2.54 bits per heavy atom. The molecule has 0 heterocycles. The van der Waals surface area contributed by atoms with Gasteiger partial charge in [0.25, 0.3) is 0 Å². The summed E-state index contributed by atoms with van der Waals surface area (Å²) >= 11 is 0. The van der Waals surface area contributed by atoms with E-state index in [1.165, 1.54) is 26.3 Å². The first-order chi connectivity index (χ1) is 16.0. The molecule has 0 aliphatic heterocycles. The van der Waals surface area contributed by atoms with E-state index < -0.39 is 38.5 Å². The van der Waals surface area contributed by atoms with Crippen molar-refractivity contribution in [2.45, 2.75) is 108 Å². The van der Waals surface area contributed by atoms with Crippen LogP contribution in [0.5, 0.6) is 0 Å². The summed E-state index contributed by atoms with van der Waals surface area (Å²) in [7, 11) is -4.58. The van der Waals surface area contributed by atoms with Gasteiger partial charge in [0.1, 0.15) is 0 Å². The fraction of sp³-hybridized carbons (Fsp3) is 0.714. The highest BCUT2D eigenvalue weighted by atomic mass is 32.2. The molecule has 198 valence electrons. The van der Waals surface area contributed by atoms with Crippen LogP contribution in [0.2, 0.25) is 0 Å². The lowest BCUT2D eigenvalue weighted by atomic mass is 9.62. The Hall–Kier alpha value is -1.31. The van der Waals surface area contributed by atoms with E-state index in [0.717, 1.165) is 36.8 Å². The first-order valence-corrected chi connectivity index (χ1v) is 14.3. The zero-order valence-electron chi connectivity index (χ0n) is 21.8. The molecular formula is C28H42F2O4S. The fourth-order valence-corrected chi connectivity index (χ4v) is 7.49. The van der Waals surface area contributed by atoms with E-state index in [1.54, 1.807) is 0 Å². The summed E-state index contributed by atoms with van der Waals surface area (Å²) in [5.74, 6) is 0.142. The number of allylic oxidation sites excluding steroid dienone is 5. The maximum absolute atomic E-state index is 14.7. The van der Waals surface area contributed by atoms with Crippen molar-refractivity contribution in [3.05, 3.63) is 47.1 Å². The predicted octanol–water partition coefficient (Wildman–Crippen LogP) is 6.27. The number of sulfone groups is 1. The Balaban J connectivity index is 1.75. The lowest BCUT2D eigenvalue weighted by molar-refractivity contribution is 0.0723. The third kappa shape index (κ3) is 5.37. The number of aliphatic hydroxyl groups is 2. The second kappa shape index (κ2) is 9.86. The number of halogens is 2. The van der Waals surface area contributed by atoms with Crippen LogP contribution in [0.1, 0.15) is 86.0 Å². The second-order valence-electron chi connectivity index (χ2n) is 12.0. The van der Waals surface area contributed by atoms with Crippen molar-refractivity contribution in [1.29, 1.82) is 0 Å². The molecule has 0 saturated heterocycles. The molecule has 7 heteroatoms. The van der Waals surface area contributed by atoms with Crippen molar-refractivity contribution >= 4 is 9.84 Å². The third-order valence-electron chi connectivity index (χ3n) is 8.47. The van der Waals surface area contributed by atoms with Gasteiger partial charge in [-0.1, -0.05) is 49.8 Å². The van der Waals surface area contributed by atoms with Crippen molar-refractivity contribution in [3.8, 4) is 0 Å². The molecule has 0 bridgehead atoms. The highest BCUT2D eigenvalue weighted by molar-refractivity contribution is 7.93. The van der Waals surface area contributed by atoms with E-state index in [2.05, 4.69) is 25.7 Å². The second-order valence-corrected chi connectivity index (χ2v) is 14.8. The molecule has 3 rings (SSSR count). The maximum atomic E-state index is 14.7. The van der Waals surface area contributed by atoms with Crippen LogP contribution in [0.3, 0.4) is 0 Å². The minimum absolute atomic E-state index is 0.120. The van der Waals surface area contributed by atoms with Gasteiger partial charge >= 0.3 is 5.25 Å².